The number of hydrogen-bond donors (Lipinski definition) is 0. The van der Waals surface area contributed by atoms with Crippen molar-refractivity contribution in [3.8, 4) is 0 Å². The molecular weight excluding hydrogens is 292 g/mol. The third kappa shape index (κ3) is 4.56. The Hall–Kier alpha value is -1.85. The molecule has 0 unspecified atom stereocenters. The number of carbonyl (C=O) groups excluding carboxylic acids is 1. The van der Waals surface area contributed by atoms with Crippen LogP contribution < -0.4 is 4.90 Å². The first kappa shape index (κ1) is 17.5. The first-order valence-corrected chi connectivity index (χ1v) is 8.28. The smallest absolute Gasteiger partial charge is 0.410 e. The number of ether oxygens (including phenoxy) is 1. The van der Waals surface area contributed by atoms with Gasteiger partial charge in [0, 0.05) is 37.4 Å². The Labute approximate surface area is 138 Å². The molecule has 1 amide bonds. The van der Waals surface area contributed by atoms with Crippen LogP contribution in [0, 0.1) is 6.92 Å². The number of amides is 1. The van der Waals surface area contributed by atoms with Gasteiger partial charge in [0.1, 0.15) is 17.2 Å². The summed E-state index contributed by atoms with van der Waals surface area (Å²) in [5.74, 6) is 1.74. The summed E-state index contributed by atoms with van der Waals surface area (Å²) in [5.41, 5.74) is 0.589. The summed E-state index contributed by atoms with van der Waals surface area (Å²) >= 11 is 0. The molecule has 1 aliphatic heterocycles. The van der Waals surface area contributed by atoms with E-state index in [1.165, 1.54) is 0 Å². The summed E-state index contributed by atoms with van der Waals surface area (Å²) in [4.78, 5) is 25.2. The molecule has 1 aromatic heterocycles. The van der Waals surface area contributed by atoms with Gasteiger partial charge in [-0.05, 0) is 41.0 Å². The Morgan fingerprint density at radius 2 is 2.04 bits per heavy atom. The van der Waals surface area contributed by atoms with E-state index in [2.05, 4.69) is 28.7 Å². The van der Waals surface area contributed by atoms with Crippen LogP contribution in [0.25, 0.3) is 0 Å². The number of carbonyl (C=O) groups is 1. The van der Waals surface area contributed by atoms with E-state index in [4.69, 9.17) is 4.74 Å². The second-order valence-corrected chi connectivity index (χ2v) is 7.09. The molecule has 0 bridgehead atoms. The van der Waals surface area contributed by atoms with Crippen molar-refractivity contribution in [1.29, 1.82) is 0 Å². The number of anilines is 1. The molecule has 23 heavy (non-hydrogen) atoms. The Morgan fingerprint density at radius 3 is 2.61 bits per heavy atom. The van der Waals surface area contributed by atoms with E-state index in [1.807, 2.05) is 33.8 Å². The highest BCUT2D eigenvalue weighted by Gasteiger charge is 2.30. The highest BCUT2D eigenvalue weighted by molar-refractivity contribution is 5.68. The van der Waals surface area contributed by atoms with Gasteiger partial charge in [0.2, 0.25) is 0 Å². The maximum atomic E-state index is 12.2. The quantitative estimate of drug-likeness (QED) is 0.838. The van der Waals surface area contributed by atoms with E-state index in [0.717, 1.165) is 30.3 Å². The van der Waals surface area contributed by atoms with E-state index >= 15 is 0 Å². The molecule has 1 atom stereocenters. The standard InChI is InChI=1S/C17H28N4O2/c1-7-14-10-15(19-13(3)18-14)21-9-8-20(11-12(21)2)16(22)23-17(4,5)6/h10,12H,7-9,11H2,1-6H3/t12-/m0/s1. The maximum Gasteiger partial charge on any atom is 0.410 e. The minimum Gasteiger partial charge on any atom is -0.444 e. The molecule has 2 heterocycles. The highest BCUT2D eigenvalue weighted by Crippen LogP contribution is 2.21. The minimum atomic E-state index is -0.461. The van der Waals surface area contributed by atoms with E-state index in [0.29, 0.717) is 13.1 Å². The highest BCUT2D eigenvalue weighted by atomic mass is 16.6. The first-order chi connectivity index (χ1) is 10.7. The molecular formula is C17H28N4O2. The van der Waals surface area contributed by atoms with E-state index in [9.17, 15) is 4.79 Å². The lowest BCUT2D eigenvalue weighted by atomic mass is 10.2. The van der Waals surface area contributed by atoms with Gasteiger partial charge in [0.15, 0.2) is 0 Å². The fraction of sp³-hybridized carbons (Fsp3) is 0.706. The van der Waals surface area contributed by atoms with Crippen LogP contribution in [0.2, 0.25) is 0 Å². The van der Waals surface area contributed by atoms with Gasteiger partial charge in [-0.15, -0.1) is 0 Å². The van der Waals surface area contributed by atoms with Crippen LogP contribution in [0.5, 0.6) is 0 Å². The molecule has 6 nitrogen and oxygen atoms in total. The van der Waals surface area contributed by atoms with Crippen molar-refractivity contribution < 1.29 is 9.53 Å². The zero-order valence-electron chi connectivity index (χ0n) is 15.1. The van der Waals surface area contributed by atoms with Gasteiger partial charge in [-0.1, -0.05) is 6.92 Å². The topological polar surface area (TPSA) is 58.6 Å². The average Bonchev–Trinajstić information content (AvgIpc) is 2.44. The molecule has 0 N–H and O–H groups in total. The zero-order chi connectivity index (χ0) is 17.2. The second kappa shape index (κ2) is 6.72. The maximum absolute atomic E-state index is 12.2. The second-order valence-electron chi connectivity index (χ2n) is 7.09. The third-order valence-electron chi connectivity index (χ3n) is 3.81. The molecule has 0 saturated carbocycles. The van der Waals surface area contributed by atoms with Gasteiger partial charge >= 0.3 is 6.09 Å². The van der Waals surface area contributed by atoms with Gasteiger partial charge in [0.25, 0.3) is 0 Å². The van der Waals surface area contributed by atoms with E-state index in [1.54, 1.807) is 4.90 Å². The summed E-state index contributed by atoms with van der Waals surface area (Å²) in [7, 11) is 0. The van der Waals surface area contributed by atoms with Crippen molar-refractivity contribution in [1.82, 2.24) is 14.9 Å². The predicted octanol–water partition coefficient (Wildman–Crippen LogP) is 2.79. The first-order valence-electron chi connectivity index (χ1n) is 8.28. The molecule has 2 rings (SSSR count). The van der Waals surface area contributed by atoms with Crippen LogP contribution in [0.15, 0.2) is 6.07 Å². The summed E-state index contributed by atoms with van der Waals surface area (Å²) in [6.45, 7) is 13.8. The Balaban J connectivity index is 2.07. The molecule has 0 spiro atoms. The van der Waals surface area contributed by atoms with Crippen LogP contribution in [0.4, 0.5) is 10.6 Å². The predicted molar refractivity (Wildman–Crippen MR) is 90.8 cm³/mol. The van der Waals surface area contributed by atoms with Crippen molar-refractivity contribution in [2.24, 2.45) is 0 Å². The van der Waals surface area contributed by atoms with Crippen molar-refractivity contribution in [2.75, 3.05) is 24.5 Å². The summed E-state index contributed by atoms with van der Waals surface area (Å²) in [6.07, 6.45) is 0.653. The van der Waals surface area contributed by atoms with Gasteiger partial charge in [-0.2, -0.15) is 0 Å². The number of rotatable bonds is 2. The van der Waals surface area contributed by atoms with Crippen molar-refractivity contribution >= 4 is 11.9 Å². The van der Waals surface area contributed by atoms with Crippen LogP contribution in [-0.4, -0.2) is 52.2 Å². The number of aromatic nitrogens is 2. The number of hydrogen-bond acceptors (Lipinski definition) is 5. The SMILES string of the molecule is CCc1cc(N2CCN(C(=O)OC(C)(C)C)C[C@@H]2C)nc(C)n1. The molecule has 1 fully saturated rings. The van der Waals surface area contributed by atoms with Crippen LogP contribution in [0.3, 0.4) is 0 Å². The average molecular weight is 320 g/mol. The Morgan fingerprint density at radius 1 is 1.35 bits per heavy atom. The fourth-order valence-corrected chi connectivity index (χ4v) is 2.73. The van der Waals surface area contributed by atoms with E-state index < -0.39 is 5.60 Å². The van der Waals surface area contributed by atoms with Crippen LogP contribution in [0.1, 0.15) is 46.1 Å². The fourth-order valence-electron chi connectivity index (χ4n) is 2.73. The van der Waals surface area contributed by atoms with Crippen molar-refractivity contribution in [3.63, 3.8) is 0 Å². The molecule has 0 radical (unpaired) electrons. The largest absolute Gasteiger partial charge is 0.444 e. The van der Waals surface area contributed by atoms with Gasteiger partial charge in [-0.25, -0.2) is 14.8 Å². The lowest BCUT2D eigenvalue weighted by Gasteiger charge is -2.40. The molecule has 128 valence electrons. The number of aryl methyl sites for hydroxylation is 2. The Kier molecular flexibility index (Phi) is 5.12. The normalized spacial score (nSPS) is 19.0. The third-order valence-corrected chi connectivity index (χ3v) is 3.81. The van der Waals surface area contributed by atoms with Crippen molar-refractivity contribution in [2.45, 2.75) is 59.6 Å². The lowest BCUT2D eigenvalue weighted by Crippen LogP contribution is -2.54. The monoisotopic (exact) mass is 320 g/mol. The van der Waals surface area contributed by atoms with Crippen LogP contribution >= 0.6 is 0 Å². The lowest BCUT2D eigenvalue weighted by molar-refractivity contribution is 0.0218. The minimum absolute atomic E-state index is 0.190. The van der Waals surface area contributed by atoms with Gasteiger partial charge < -0.3 is 14.5 Å². The molecule has 1 saturated heterocycles. The Bertz CT molecular complexity index is 568. The van der Waals surface area contributed by atoms with Crippen LogP contribution in [-0.2, 0) is 11.2 Å². The zero-order valence-corrected chi connectivity index (χ0v) is 15.1. The number of piperazine rings is 1. The van der Waals surface area contributed by atoms with Gasteiger partial charge in [0.05, 0.1) is 0 Å². The molecule has 1 aromatic rings. The summed E-state index contributed by atoms with van der Waals surface area (Å²) in [6, 6.07) is 2.24. The van der Waals surface area contributed by atoms with Gasteiger partial charge in [-0.3, -0.25) is 0 Å². The van der Waals surface area contributed by atoms with E-state index in [-0.39, 0.29) is 12.1 Å². The molecule has 0 aliphatic carbocycles. The summed E-state index contributed by atoms with van der Waals surface area (Å²) < 4.78 is 5.46. The molecule has 6 heteroatoms. The number of nitrogens with zero attached hydrogens (tertiary/aromatic N) is 4. The molecule has 1 aliphatic rings. The molecule has 0 aromatic carbocycles. The summed E-state index contributed by atoms with van der Waals surface area (Å²) in [5, 5.41) is 0. The van der Waals surface area contributed by atoms with Crippen molar-refractivity contribution in [3.05, 3.63) is 17.6 Å².